The number of rotatable bonds is 8. The number of nitrogens with zero attached hydrogens (tertiary/aromatic N) is 2. The van der Waals surface area contributed by atoms with E-state index in [1.54, 1.807) is 0 Å². The largest absolute Gasteiger partial charge is 0.491 e. The first-order valence-corrected chi connectivity index (χ1v) is 15.6. The fourth-order valence-corrected chi connectivity index (χ4v) is 7.11. The van der Waals surface area contributed by atoms with Gasteiger partial charge in [0.1, 0.15) is 18.0 Å². The molecule has 0 aromatic heterocycles. The maximum atomic E-state index is 14.6. The van der Waals surface area contributed by atoms with Gasteiger partial charge in [0.2, 0.25) is 5.91 Å². The zero-order valence-electron chi connectivity index (χ0n) is 25.2. The summed E-state index contributed by atoms with van der Waals surface area (Å²) in [4.78, 5) is 42.3. The number of nitrogens with one attached hydrogen (secondary N) is 1. The number of carbonyl (C=O) groups is 3. The summed E-state index contributed by atoms with van der Waals surface area (Å²) in [6.07, 6.45) is 0.458. The van der Waals surface area contributed by atoms with E-state index in [9.17, 15) is 14.4 Å². The highest BCUT2D eigenvalue weighted by Gasteiger charge is 2.54. The van der Waals surface area contributed by atoms with Crippen LogP contribution in [0.4, 0.5) is 16.2 Å². The van der Waals surface area contributed by atoms with Crippen molar-refractivity contribution in [2.45, 2.75) is 50.6 Å². The molecule has 1 saturated heterocycles. The number of benzene rings is 4. The Morgan fingerprint density at radius 1 is 0.864 bits per heavy atom. The Labute approximate surface area is 262 Å². The number of carbonyl (C=O) groups excluding carboxylic acids is 3. The Bertz CT molecular complexity index is 1710. The molecule has 2 aliphatic heterocycles. The van der Waals surface area contributed by atoms with Gasteiger partial charge >= 0.3 is 0 Å². The number of para-hydroxylation sites is 2. The summed E-state index contributed by atoms with van der Waals surface area (Å²) in [7, 11) is 0. The lowest BCUT2D eigenvalue weighted by atomic mass is 9.85. The average Bonchev–Trinajstić information content (AvgIpc) is 3.33. The smallest absolute Gasteiger partial charge is 0.286 e. The summed E-state index contributed by atoms with van der Waals surface area (Å²) in [5, 5.41) is 1.61. The van der Waals surface area contributed by atoms with Crippen LogP contribution in [0.25, 0.3) is 0 Å². The second kappa shape index (κ2) is 11.5. The Kier molecular flexibility index (Phi) is 7.72. The van der Waals surface area contributed by atoms with Crippen LogP contribution in [-0.2, 0) is 16.9 Å². The third-order valence-corrected chi connectivity index (χ3v) is 9.35. The van der Waals surface area contributed by atoms with Gasteiger partial charge in [0.15, 0.2) is 0 Å². The molecular formula is C36H35N3O4S. The molecule has 0 bridgehead atoms. The topological polar surface area (TPSA) is 79.0 Å². The van der Waals surface area contributed by atoms with Gasteiger partial charge in [0.05, 0.1) is 22.0 Å². The number of thioether (sulfide) groups is 1. The van der Waals surface area contributed by atoms with Crippen molar-refractivity contribution in [1.82, 2.24) is 10.2 Å². The third-order valence-electron chi connectivity index (χ3n) is 8.37. The van der Waals surface area contributed by atoms with Gasteiger partial charge in [-0.2, -0.15) is 0 Å². The molecule has 1 N–H and O–H groups in total. The molecule has 7 nitrogen and oxygen atoms in total. The minimum atomic E-state index is -0.895. The van der Waals surface area contributed by atoms with Crippen molar-refractivity contribution in [3.05, 3.63) is 125 Å². The van der Waals surface area contributed by atoms with Crippen LogP contribution in [-0.4, -0.2) is 39.3 Å². The number of amides is 3. The third kappa shape index (κ3) is 5.35. The second-order valence-electron chi connectivity index (χ2n) is 12.0. The summed E-state index contributed by atoms with van der Waals surface area (Å²) in [6.45, 7) is 8.48. The predicted octanol–water partition coefficient (Wildman–Crippen LogP) is 7.21. The monoisotopic (exact) mass is 605 g/mol. The molecule has 8 heteroatoms. The zero-order valence-corrected chi connectivity index (χ0v) is 26.1. The quantitative estimate of drug-likeness (QED) is 0.229. The van der Waals surface area contributed by atoms with Crippen molar-refractivity contribution >= 4 is 40.2 Å². The highest BCUT2D eigenvalue weighted by atomic mass is 32.2. The number of fused-ring (bicyclic) bond motifs is 1. The molecule has 224 valence electrons. The fourth-order valence-electron chi connectivity index (χ4n) is 6.25. The Balaban J connectivity index is 1.35. The van der Waals surface area contributed by atoms with Crippen LogP contribution in [0.5, 0.6) is 5.75 Å². The van der Waals surface area contributed by atoms with Crippen LogP contribution in [0.1, 0.15) is 47.8 Å². The van der Waals surface area contributed by atoms with Gasteiger partial charge in [-0.15, -0.1) is 0 Å². The lowest BCUT2D eigenvalue weighted by Crippen LogP contribution is -2.68. The SMILES string of the molecule is Cc1ccc(C2(C)N(c3ccccc3)c3ccccc3C(=O)N2C(C)(C)COc2ccc(CC3SC(=O)NC3=O)cc2)cc1. The summed E-state index contributed by atoms with van der Waals surface area (Å²) >= 11 is 1.02. The molecule has 0 spiro atoms. The lowest BCUT2D eigenvalue weighted by Gasteiger charge is -2.58. The van der Waals surface area contributed by atoms with Gasteiger partial charge in [-0.3, -0.25) is 19.7 Å². The first-order valence-electron chi connectivity index (χ1n) is 14.7. The Hall–Kier alpha value is -4.56. The van der Waals surface area contributed by atoms with Crippen LogP contribution in [0.3, 0.4) is 0 Å². The van der Waals surface area contributed by atoms with Crippen molar-refractivity contribution in [1.29, 1.82) is 0 Å². The molecule has 2 unspecified atom stereocenters. The molecular weight excluding hydrogens is 570 g/mol. The zero-order chi connectivity index (χ0) is 31.1. The molecule has 6 rings (SSSR count). The normalized spacial score (nSPS) is 20.0. The predicted molar refractivity (Wildman–Crippen MR) is 174 cm³/mol. The summed E-state index contributed by atoms with van der Waals surface area (Å²) in [6, 6.07) is 33.9. The molecule has 2 atom stereocenters. The van der Waals surface area contributed by atoms with Gasteiger partial charge in [-0.25, -0.2) is 0 Å². The van der Waals surface area contributed by atoms with Crippen LogP contribution >= 0.6 is 11.8 Å². The van der Waals surface area contributed by atoms with E-state index in [-0.39, 0.29) is 23.7 Å². The summed E-state index contributed by atoms with van der Waals surface area (Å²) in [5.74, 6) is 0.334. The maximum absolute atomic E-state index is 14.6. The molecule has 2 aliphatic rings. The van der Waals surface area contributed by atoms with Gasteiger partial charge in [0.25, 0.3) is 11.1 Å². The van der Waals surface area contributed by atoms with E-state index >= 15 is 0 Å². The van der Waals surface area contributed by atoms with E-state index in [0.29, 0.717) is 17.7 Å². The van der Waals surface area contributed by atoms with Crippen molar-refractivity contribution in [2.75, 3.05) is 11.5 Å². The number of ether oxygens (including phenoxy) is 1. The molecule has 3 amide bonds. The molecule has 4 aromatic rings. The number of hydrogen-bond acceptors (Lipinski definition) is 6. The van der Waals surface area contributed by atoms with E-state index in [0.717, 1.165) is 39.8 Å². The fraction of sp³-hybridized carbons (Fsp3) is 0.250. The van der Waals surface area contributed by atoms with E-state index in [1.165, 1.54) is 0 Å². The number of hydrogen-bond donors (Lipinski definition) is 1. The highest BCUT2D eigenvalue weighted by Crippen LogP contribution is 2.50. The van der Waals surface area contributed by atoms with E-state index < -0.39 is 16.5 Å². The minimum absolute atomic E-state index is 0.0679. The molecule has 0 radical (unpaired) electrons. The van der Waals surface area contributed by atoms with Crippen molar-refractivity contribution < 1.29 is 19.1 Å². The van der Waals surface area contributed by atoms with Gasteiger partial charge in [-0.05, 0) is 81.6 Å². The molecule has 0 aliphatic carbocycles. The van der Waals surface area contributed by atoms with E-state index in [2.05, 4.69) is 60.5 Å². The summed E-state index contributed by atoms with van der Waals surface area (Å²) < 4.78 is 6.36. The average molecular weight is 606 g/mol. The molecule has 4 aromatic carbocycles. The second-order valence-corrected chi connectivity index (χ2v) is 13.2. The van der Waals surface area contributed by atoms with Crippen molar-refractivity contribution in [2.24, 2.45) is 0 Å². The lowest BCUT2D eigenvalue weighted by molar-refractivity contribution is -0.118. The highest BCUT2D eigenvalue weighted by molar-refractivity contribution is 8.15. The van der Waals surface area contributed by atoms with Gasteiger partial charge in [0, 0.05) is 5.69 Å². The first-order chi connectivity index (χ1) is 21.1. The standard InChI is InChI=1S/C36H35N3O4S/c1-24-14-18-26(19-15-24)36(4)38(27-10-6-5-7-11-27)30-13-9-8-12-29(30)33(41)39(36)35(2,3)23-43-28-20-16-25(17-21-28)22-31-32(40)37-34(42)44-31/h5-21,31H,22-23H2,1-4H3,(H,37,40,42). The van der Waals surface area contributed by atoms with Crippen molar-refractivity contribution in [3.63, 3.8) is 0 Å². The molecule has 2 heterocycles. The Morgan fingerprint density at radius 2 is 1.52 bits per heavy atom. The van der Waals surface area contributed by atoms with Gasteiger partial charge < -0.3 is 14.5 Å². The van der Waals surface area contributed by atoms with Gasteiger partial charge in [-0.1, -0.05) is 84.1 Å². The van der Waals surface area contributed by atoms with E-state index in [1.807, 2.05) is 85.5 Å². The first kappa shape index (κ1) is 29.5. The molecule has 0 saturated carbocycles. The minimum Gasteiger partial charge on any atom is -0.491 e. The maximum Gasteiger partial charge on any atom is 0.286 e. The van der Waals surface area contributed by atoms with Crippen LogP contribution in [0.2, 0.25) is 0 Å². The number of anilines is 2. The number of imide groups is 1. The summed E-state index contributed by atoms with van der Waals surface area (Å²) in [5.41, 5.74) is 3.87. The van der Waals surface area contributed by atoms with Crippen molar-refractivity contribution in [3.8, 4) is 5.75 Å². The Morgan fingerprint density at radius 3 is 2.18 bits per heavy atom. The van der Waals surface area contributed by atoms with Crippen LogP contribution in [0, 0.1) is 6.92 Å². The van der Waals surface area contributed by atoms with E-state index in [4.69, 9.17) is 4.74 Å². The van der Waals surface area contributed by atoms with Crippen LogP contribution in [0.15, 0.2) is 103 Å². The number of aryl methyl sites for hydroxylation is 1. The molecule has 44 heavy (non-hydrogen) atoms. The molecule has 1 fully saturated rings. The van der Waals surface area contributed by atoms with Crippen LogP contribution < -0.4 is 15.0 Å².